The van der Waals surface area contributed by atoms with E-state index in [-0.39, 0.29) is 18.1 Å². The standard InChI is InChI=1S/C10H10F3N3O/c11-10(12,13)8-5-7(1-2-15-8)16-4-3-14-6-9(16)17/h1-2,5,14H,3-4,6H2. The van der Waals surface area contributed by atoms with Gasteiger partial charge in [0.25, 0.3) is 0 Å². The monoisotopic (exact) mass is 245 g/mol. The summed E-state index contributed by atoms with van der Waals surface area (Å²) in [5, 5.41) is 2.85. The van der Waals surface area contributed by atoms with Crippen LogP contribution in [0.2, 0.25) is 0 Å². The number of carbonyl (C=O) groups excluding carboxylic acids is 1. The normalized spacial score (nSPS) is 17.4. The number of nitrogens with zero attached hydrogens (tertiary/aromatic N) is 2. The predicted octanol–water partition coefficient (Wildman–Crippen LogP) is 1.04. The van der Waals surface area contributed by atoms with Gasteiger partial charge in [-0.25, -0.2) is 0 Å². The molecule has 92 valence electrons. The van der Waals surface area contributed by atoms with Crippen LogP contribution in [0.4, 0.5) is 18.9 Å². The molecule has 0 spiro atoms. The maximum Gasteiger partial charge on any atom is 0.433 e. The van der Waals surface area contributed by atoms with Crippen molar-refractivity contribution in [3.8, 4) is 0 Å². The Morgan fingerprint density at radius 1 is 1.41 bits per heavy atom. The first kappa shape index (κ1) is 11.8. The Morgan fingerprint density at radius 3 is 2.82 bits per heavy atom. The molecule has 1 aliphatic rings. The Kier molecular flexibility index (Phi) is 3.01. The summed E-state index contributed by atoms with van der Waals surface area (Å²) in [6, 6.07) is 2.29. The topological polar surface area (TPSA) is 45.2 Å². The SMILES string of the molecule is O=C1CNCCN1c1ccnc(C(F)(F)F)c1. The molecule has 0 saturated carbocycles. The number of pyridine rings is 1. The van der Waals surface area contributed by atoms with Crippen LogP contribution in [-0.4, -0.2) is 30.5 Å². The largest absolute Gasteiger partial charge is 0.433 e. The van der Waals surface area contributed by atoms with Gasteiger partial charge in [0.05, 0.1) is 6.54 Å². The minimum absolute atomic E-state index is 0.143. The predicted molar refractivity (Wildman–Crippen MR) is 54.5 cm³/mol. The molecule has 2 heterocycles. The second kappa shape index (κ2) is 4.33. The molecule has 0 aliphatic carbocycles. The highest BCUT2D eigenvalue weighted by Crippen LogP contribution is 2.29. The van der Waals surface area contributed by atoms with Crippen molar-refractivity contribution < 1.29 is 18.0 Å². The third-order valence-electron chi connectivity index (χ3n) is 2.44. The summed E-state index contributed by atoms with van der Waals surface area (Å²) >= 11 is 0. The van der Waals surface area contributed by atoms with E-state index in [9.17, 15) is 18.0 Å². The van der Waals surface area contributed by atoms with Crippen LogP contribution in [0.25, 0.3) is 0 Å². The lowest BCUT2D eigenvalue weighted by atomic mass is 10.2. The number of anilines is 1. The van der Waals surface area contributed by atoms with Gasteiger partial charge in [-0.05, 0) is 12.1 Å². The summed E-state index contributed by atoms with van der Waals surface area (Å²) in [6.45, 7) is 1.07. The van der Waals surface area contributed by atoms with Crippen LogP contribution >= 0.6 is 0 Å². The van der Waals surface area contributed by atoms with Crippen LogP contribution < -0.4 is 10.2 Å². The van der Waals surface area contributed by atoms with Gasteiger partial charge in [0.1, 0.15) is 5.69 Å². The molecular formula is C10H10F3N3O. The molecule has 1 saturated heterocycles. The molecule has 1 aliphatic heterocycles. The quantitative estimate of drug-likeness (QED) is 0.804. The minimum atomic E-state index is -4.49. The van der Waals surface area contributed by atoms with Gasteiger partial charge in [0.15, 0.2) is 0 Å². The molecular weight excluding hydrogens is 235 g/mol. The maximum atomic E-state index is 12.5. The fraction of sp³-hybridized carbons (Fsp3) is 0.400. The van der Waals surface area contributed by atoms with Crippen molar-refractivity contribution in [3.05, 3.63) is 24.0 Å². The number of carbonyl (C=O) groups is 1. The van der Waals surface area contributed by atoms with Crippen molar-refractivity contribution in [3.63, 3.8) is 0 Å². The summed E-state index contributed by atoms with van der Waals surface area (Å²) in [4.78, 5) is 16.1. The van der Waals surface area contributed by atoms with Crippen molar-refractivity contribution in [1.29, 1.82) is 0 Å². The fourth-order valence-corrected chi connectivity index (χ4v) is 1.62. The summed E-state index contributed by atoms with van der Waals surface area (Å²) in [6.07, 6.45) is -3.43. The van der Waals surface area contributed by atoms with Gasteiger partial charge in [-0.1, -0.05) is 0 Å². The number of amides is 1. The maximum absolute atomic E-state index is 12.5. The first-order valence-corrected chi connectivity index (χ1v) is 5.03. The van der Waals surface area contributed by atoms with E-state index in [4.69, 9.17) is 0 Å². The summed E-state index contributed by atoms with van der Waals surface area (Å²) in [5.74, 6) is -0.240. The molecule has 17 heavy (non-hydrogen) atoms. The number of alkyl halides is 3. The molecule has 7 heteroatoms. The molecule has 1 amide bonds. The van der Waals surface area contributed by atoms with E-state index >= 15 is 0 Å². The van der Waals surface area contributed by atoms with Crippen molar-refractivity contribution in [1.82, 2.24) is 10.3 Å². The first-order valence-electron chi connectivity index (χ1n) is 5.03. The highest BCUT2D eigenvalue weighted by molar-refractivity contribution is 5.95. The third-order valence-corrected chi connectivity index (χ3v) is 2.44. The molecule has 1 fully saturated rings. The van der Waals surface area contributed by atoms with Crippen LogP contribution in [-0.2, 0) is 11.0 Å². The van der Waals surface area contributed by atoms with Gasteiger partial charge in [0.2, 0.25) is 5.91 Å². The van der Waals surface area contributed by atoms with Crippen LogP contribution in [0.5, 0.6) is 0 Å². The zero-order valence-corrected chi connectivity index (χ0v) is 8.79. The Morgan fingerprint density at radius 2 is 2.18 bits per heavy atom. The second-order valence-electron chi connectivity index (χ2n) is 3.62. The van der Waals surface area contributed by atoms with E-state index in [0.29, 0.717) is 13.1 Å². The number of halogens is 3. The number of rotatable bonds is 1. The molecule has 1 aromatic heterocycles. The fourth-order valence-electron chi connectivity index (χ4n) is 1.62. The van der Waals surface area contributed by atoms with Gasteiger partial charge >= 0.3 is 6.18 Å². The number of hydrogen-bond acceptors (Lipinski definition) is 3. The summed E-state index contributed by atoms with van der Waals surface area (Å²) in [5.41, 5.74) is -0.750. The molecule has 0 radical (unpaired) electrons. The Hall–Kier alpha value is -1.63. The minimum Gasteiger partial charge on any atom is -0.310 e. The molecule has 0 unspecified atom stereocenters. The first-order chi connectivity index (χ1) is 7.98. The lowest BCUT2D eigenvalue weighted by molar-refractivity contribution is -0.141. The average molecular weight is 245 g/mol. The van der Waals surface area contributed by atoms with E-state index in [1.165, 1.54) is 11.0 Å². The molecule has 0 aromatic carbocycles. The summed E-state index contributed by atoms with van der Waals surface area (Å²) in [7, 11) is 0. The smallest absolute Gasteiger partial charge is 0.310 e. The van der Waals surface area contributed by atoms with Crippen LogP contribution in [0.3, 0.4) is 0 Å². The Balaban J connectivity index is 2.29. The van der Waals surface area contributed by atoms with Gasteiger partial charge < -0.3 is 10.2 Å². The van der Waals surface area contributed by atoms with Gasteiger partial charge in [0, 0.05) is 25.0 Å². The number of aromatic nitrogens is 1. The number of nitrogens with one attached hydrogen (secondary N) is 1. The van der Waals surface area contributed by atoms with E-state index in [1.54, 1.807) is 0 Å². The molecule has 2 rings (SSSR count). The molecule has 1 aromatic rings. The molecule has 1 N–H and O–H groups in total. The Bertz CT molecular complexity index is 433. The third kappa shape index (κ3) is 2.55. The van der Waals surface area contributed by atoms with Gasteiger partial charge in [-0.15, -0.1) is 0 Å². The van der Waals surface area contributed by atoms with Crippen LogP contribution in [0, 0.1) is 0 Å². The number of piperazine rings is 1. The highest BCUT2D eigenvalue weighted by atomic mass is 19.4. The van der Waals surface area contributed by atoms with E-state index in [0.717, 1.165) is 12.3 Å². The molecule has 0 bridgehead atoms. The average Bonchev–Trinajstić information content (AvgIpc) is 2.29. The van der Waals surface area contributed by atoms with Crippen LogP contribution in [0.1, 0.15) is 5.69 Å². The van der Waals surface area contributed by atoms with Gasteiger partial charge in [-0.3, -0.25) is 9.78 Å². The van der Waals surface area contributed by atoms with Crippen molar-refractivity contribution in [2.75, 3.05) is 24.5 Å². The van der Waals surface area contributed by atoms with Crippen molar-refractivity contribution in [2.24, 2.45) is 0 Å². The lowest BCUT2D eigenvalue weighted by Crippen LogP contribution is -2.48. The van der Waals surface area contributed by atoms with Gasteiger partial charge in [-0.2, -0.15) is 13.2 Å². The molecule has 4 nitrogen and oxygen atoms in total. The van der Waals surface area contributed by atoms with Crippen LogP contribution in [0.15, 0.2) is 18.3 Å². The number of hydrogen-bond donors (Lipinski definition) is 1. The Labute approximate surface area is 95.4 Å². The highest BCUT2D eigenvalue weighted by Gasteiger charge is 2.33. The van der Waals surface area contributed by atoms with Crippen molar-refractivity contribution in [2.45, 2.75) is 6.18 Å². The lowest BCUT2D eigenvalue weighted by Gasteiger charge is -2.27. The van der Waals surface area contributed by atoms with E-state index in [2.05, 4.69) is 10.3 Å². The summed E-state index contributed by atoms with van der Waals surface area (Å²) < 4.78 is 37.4. The molecule has 0 atom stereocenters. The van der Waals surface area contributed by atoms with E-state index < -0.39 is 11.9 Å². The zero-order chi connectivity index (χ0) is 12.5. The second-order valence-corrected chi connectivity index (χ2v) is 3.62. The van der Waals surface area contributed by atoms with Crippen molar-refractivity contribution >= 4 is 11.6 Å². The van der Waals surface area contributed by atoms with E-state index in [1.807, 2.05) is 0 Å². The zero-order valence-electron chi connectivity index (χ0n) is 8.79.